The summed E-state index contributed by atoms with van der Waals surface area (Å²) in [5.41, 5.74) is 0. The first kappa shape index (κ1) is 29.2. The fourth-order valence-electron chi connectivity index (χ4n) is 0.250. The Kier molecular flexibility index (Phi) is 65.9. The van der Waals surface area contributed by atoms with Gasteiger partial charge >= 0.3 is 37.8 Å². The topological polar surface area (TPSA) is 130 Å². The van der Waals surface area contributed by atoms with Crippen molar-refractivity contribution in [1.82, 2.24) is 12.3 Å². The molecule has 0 aliphatic heterocycles. The zero-order valence-electron chi connectivity index (χ0n) is 8.37. The molecule has 1 aliphatic carbocycles. The fraction of sp³-hybridized carbons (Fsp3) is 0.667. The Morgan fingerprint density at radius 3 is 1.15 bits per heavy atom. The predicted octanol–water partition coefficient (Wildman–Crippen LogP) is -1.31. The van der Waals surface area contributed by atoms with Crippen LogP contribution in [0.25, 0.3) is 0 Å². The van der Waals surface area contributed by atoms with E-state index in [1.54, 1.807) is 0 Å². The van der Waals surface area contributed by atoms with Gasteiger partial charge in [-0.2, -0.15) is 4.89 Å². The van der Waals surface area contributed by atoms with E-state index in [2.05, 4.69) is 13.2 Å². The van der Waals surface area contributed by atoms with Crippen LogP contribution in [-0.4, -0.2) is 4.89 Å². The maximum absolute atomic E-state index is 8.59. The van der Waals surface area contributed by atoms with E-state index >= 15 is 0 Å². The summed E-state index contributed by atoms with van der Waals surface area (Å²) < 4.78 is 8.59. The van der Waals surface area contributed by atoms with E-state index in [0.717, 1.165) is 0 Å². The maximum Gasteiger partial charge on any atom is 1.00 e. The third kappa shape index (κ3) is 66.0. The molecule has 7 N–H and O–H groups in total. The Morgan fingerprint density at radius 2 is 1.15 bits per heavy atom. The first-order chi connectivity index (χ1) is 4.73. The number of rotatable bonds is 0. The summed E-state index contributed by atoms with van der Waals surface area (Å²) in [6, 6.07) is 0. The van der Waals surface area contributed by atoms with Gasteiger partial charge in [0.25, 0.3) is 0 Å². The van der Waals surface area contributed by atoms with Crippen molar-refractivity contribution in [3.8, 4) is 0 Å². The molecule has 0 saturated heterocycles. The zero-order valence-corrected chi connectivity index (χ0v) is 11.3. The standard InChI is InChI=1S/C4H8.C2H4.2H3N.Na.HO3P/c1-2-4-3-1;1-2;;;;1-4(2)3/h1-4H2;1-2H2;2*1H3;;(H,1,2,3)/q;;;;+1;. The molecule has 1 fully saturated rings. The van der Waals surface area contributed by atoms with Crippen molar-refractivity contribution in [3.63, 3.8) is 0 Å². The minimum absolute atomic E-state index is 0. The molecule has 13 heavy (non-hydrogen) atoms. The van der Waals surface area contributed by atoms with Crippen LogP contribution in [0.1, 0.15) is 25.7 Å². The molecule has 1 unspecified atom stereocenters. The molecule has 1 atom stereocenters. The number of hydrogen-bond donors (Lipinski definition) is 3. The molecule has 0 bridgehead atoms. The molecular weight excluding hydrogens is 202 g/mol. The molecular formula is C6H19N2NaO3P+. The largest absolute Gasteiger partial charge is 1.00 e. The van der Waals surface area contributed by atoms with E-state index in [-0.39, 0.29) is 41.9 Å². The summed E-state index contributed by atoms with van der Waals surface area (Å²) in [6.07, 6.45) is 6.00. The molecule has 0 radical (unpaired) electrons. The Labute approximate surface area is 103 Å². The van der Waals surface area contributed by atoms with E-state index in [4.69, 9.17) is 14.4 Å². The van der Waals surface area contributed by atoms with Crippen LogP contribution < -0.4 is 46.8 Å². The Morgan fingerprint density at radius 1 is 1.08 bits per heavy atom. The molecule has 0 amide bonds. The van der Waals surface area contributed by atoms with Crippen molar-refractivity contribution in [3.05, 3.63) is 13.2 Å². The summed E-state index contributed by atoms with van der Waals surface area (Å²) in [4.78, 5) is 15.6. The van der Waals surface area contributed by atoms with Crippen LogP contribution >= 0.6 is 8.25 Å². The van der Waals surface area contributed by atoms with Crippen molar-refractivity contribution >= 4 is 8.25 Å². The number of hydrogen-bond acceptors (Lipinski definition) is 4. The van der Waals surface area contributed by atoms with Crippen LogP contribution in [0.15, 0.2) is 13.2 Å². The van der Waals surface area contributed by atoms with Gasteiger partial charge in [0, 0.05) is 0 Å². The van der Waals surface area contributed by atoms with Gasteiger partial charge in [-0.25, -0.2) is 0 Å². The summed E-state index contributed by atoms with van der Waals surface area (Å²) >= 11 is 0. The summed E-state index contributed by atoms with van der Waals surface area (Å²) in [5.74, 6) is 0. The Balaban J connectivity index is -0.0000000232. The molecule has 0 heterocycles. The van der Waals surface area contributed by atoms with Gasteiger partial charge in [-0.3, -0.25) is 0 Å². The SMILES string of the molecule is C1CCC1.C=C.N.N.O=[P+]([O-])O.[Na+]. The van der Waals surface area contributed by atoms with Crippen molar-refractivity contribution in [2.45, 2.75) is 25.7 Å². The molecule has 1 rings (SSSR count). The molecule has 1 saturated carbocycles. The van der Waals surface area contributed by atoms with Crippen molar-refractivity contribution in [2.24, 2.45) is 0 Å². The first-order valence-corrected chi connectivity index (χ1v) is 4.20. The van der Waals surface area contributed by atoms with Gasteiger partial charge in [0.2, 0.25) is 0 Å². The van der Waals surface area contributed by atoms with Crippen LogP contribution in [0.4, 0.5) is 0 Å². The molecule has 1 aliphatic rings. The van der Waals surface area contributed by atoms with E-state index in [1.165, 1.54) is 25.7 Å². The predicted molar refractivity (Wildman–Crippen MR) is 49.6 cm³/mol. The van der Waals surface area contributed by atoms with Crippen molar-refractivity contribution in [2.75, 3.05) is 0 Å². The molecule has 0 aromatic rings. The second-order valence-corrected chi connectivity index (χ2v) is 2.13. The zero-order chi connectivity index (χ0) is 8.41. The fourth-order valence-corrected chi connectivity index (χ4v) is 0.250. The average molecular weight is 221 g/mol. The monoisotopic (exact) mass is 221 g/mol. The van der Waals surface area contributed by atoms with E-state index < -0.39 is 8.25 Å². The van der Waals surface area contributed by atoms with E-state index in [1.807, 2.05) is 0 Å². The van der Waals surface area contributed by atoms with Gasteiger partial charge in [0.15, 0.2) is 0 Å². The smallest absolute Gasteiger partial charge is 0.567 e. The maximum atomic E-state index is 8.59. The minimum Gasteiger partial charge on any atom is -0.567 e. The third-order valence-corrected chi connectivity index (χ3v) is 1.000. The first-order valence-electron chi connectivity index (χ1n) is 3.07. The second-order valence-electron chi connectivity index (χ2n) is 1.65. The van der Waals surface area contributed by atoms with Crippen molar-refractivity contribution < 1.29 is 43.9 Å². The Hall–Kier alpha value is 0.680. The molecule has 7 heteroatoms. The van der Waals surface area contributed by atoms with Crippen LogP contribution in [0.2, 0.25) is 0 Å². The van der Waals surface area contributed by atoms with E-state index in [0.29, 0.717) is 0 Å². The van der Waals surface area contributed by atoms with Gasteiger partial charge in [-0.1, -0.05) is 25.7 Å². The molecule has 5 nitrogen and oxygen atoms in total. The average Bonchev–Trinajstić information content (AvgIpc) is 1.63. The van der Waals surface area contributed by atoms with Crippen LogP contribution in [-0.2, 0) is 4.57 Å². The summed E-state index contributed by atoms with van der Waals surface area (Å²) in [6.45, 7) is 6.00. The van der Waals surface area contributed by atoms with Gasteiger partial charge in [-0.05, 0) is 4.57 Å². The third-order valence-electron chi connectivity index (χ3n) is 1.000. The van der Waals surface area contributed by atoms with Gasteiger partial charge in [0.1, 0.15) is 0 Å². The van der Waals surface area contributed by atoms with Crippen LogP contribution in [0.5, 0.6) is 0 Å². The van der Waals surface area contributed by atoms with E-state index in [9.17, 15) is 0 Å². The Bertz CT molecular complexity index is 85.9. The minimum atomic E-state index is -3.12. The van der Waals surface area contributed by atoms with Gasteiger partial charge in [-0.15, -0.1) is 13.2 Å². The van der Waals surface area contributed by atoms with Gasteiger partial charge in [0.05, 0.1) is 0 Å². The molecule has 0 aromatic heterocycles. The molecule has 0 aromatic carbocycles. The molecule has 0 spiro atoms. The summed E-state index contributed by atoms with van der Waals surface area (Å²) in [5, 5.41) is 0. The quantitative estimate of drug-likeness (QED) is 0.265. The van der Waals surface area contributed by atoms with Crippen LogP contribution in [0.3, 0.4) is 0 Å². The normalized spacial score (nSPS) is 11.1. The van der Waals surface area contributed by atoms with Crippen molar-refractivity contribution in [1.29, 1.82) is 0 Å². The second kappa shape index (κ2) is 29.3. The van der Waals surface area contributed by atoms with Crippen LogP contribution in [0, 0.1) is 0 Å². The summed E-state index contributed by atoms with van der Waals surface area (Å²) in [7, 11) is -3.12. The molecule has 76 valence electrons. The van der Waals surface area contributed by atoms with Gasteiger partial charge < -0.3 is 17.2 Å².